The smallest absolute Gasteiger partial charge is 0.407 e. The fraction of sp³-hybridized carbons (Fsp3) is 0.320. The summed E-state index contributed by atoms with van der Waals surface area (Å²) in [6, 6.07) is 16.3. The Bertz CT molecular complexity index is 1040. The molecule has 166 valence electrons. The lowest BCUT2D eigenvalue weighted by Gasteiger charge is -2.17. The van der Waals surface area contributed by atoms with Crippen LogP contribution >= 0.6 is 0 Å². The van der Waals surface area contributed by atoms with E-state index in [-0.39, 0.29) is 37.1 Å². The van der Waals surface area contributed by atoms with Crippen LogP contribution in [0, 0.1) is 5.41 Å². The van der Waals surface area contributed by atoms with E-state index >= 15 is 0 Å². The van der Waals surface area contributed by atoms with Crippen molar-refractivity contribution in [1.29, 1.82) is 0 Å². The van der Waals surface area contributed by atoms with E-state index in [4.69, 9.17) is 9.84 Å². The molecule has 3 N–H and O–H groups in total. The molecular weight excluding hydrogens is 408 g/mol. The molecule has 1 fully saturated rings. The van der Waals surface area contributed by atoms with Gasteiger partial charge in [0, 0.05) is 24.6 Å². The summed E-state index contributed by atoms with van der Waals surface area (Å²) in [5, 5.41) is 14.3. The van der Waals surface area contributed by atoms with Crippen molar-refractivity contribution in [2.45, 2.75) is 25.7 Å². The normalized spacial score (nSPS) is 16.0. The number of rotatable bonds is 8. The zero-order chi connectivity index (χ0) is 22.7. The van der Waals surface area contributed by atoms with Gasteiger partial charge in [-0.1, -0.05) is 54.6 Å². The SMILES string of the molecule is C/C(=C\CNC(=O)C1(CNC(=O)OCC2c3ccccc3-c3ccccc32)CC1)C(=O)O. The molecule has 0 atom stereocenters. The van der Waals surface area contributed by atoms with E-state index in [1.807, 2.05) is 24.3 Å². The van der Waals surface area contributed by atoms with E-state index in [1.54, 1.807) is 0 Å². The average molecular weight is 434 g/mol. The van der Waals surface area contributed by atoms with Crippen LogP contribution in [0.15, 0.2) is 60.2 Å². The Kier molecular flexibility index (Phi) is 5.99. The van der Waals surface area contributed by atoms with Crippen LogP contribution < -0.4 is 10.6 Å². The molecule has 7 nitrogen and oxygen atoms in total. The van der Waals surface area contributed by atoms with E-state index in [9.17, 15) is 14.4 Å². The lowest BCUT2D eigenvalue weighted by Crippen LogP contribution is -2.40. The molecule has 2 aliphatic carbocycles. The molecule has 0 aromatic heterocycles. The minimum Gasteiger partial charge on any atom is -0.478 e. The van der Waals surface area contributed by atoms with Gasteiger partial charge in [-0.25, -0.2) is 9.59 Å². The Morgan fingerprint density at radius 3 is 2.19 bits per heavy atom. The summed E-state index contributed by atoms with van der Waals surface area (Å²) in [6.07, 6.45) is 2.25. The van der Waals surface area contributed by atoms with Gasteiger partial charge in [0.15, 0.2) is 0 Å². The number of benzene rings is 2. The van der Waals surface area contributed by atoms with Crippen molar-refractivity contribution in [3.63, 3.8) is 0 Å². The largest absolute Gasteiger partial charge is 0.478 e. The number of amides is 2. The Morgan fingerprint density at radius 2 is 1.62 bits per heavy atom. The Morgan fingerprint density at radius 1 is 1.03 bits per heavy atom. The first-order chi connectivity index (χ1) is 15.4. The van der Waals surface area contributed by atoms with E-state index < -0.39 is 17.5 Å². The number of hydrogen-bond donors (Lipinski definition) is 3. The summed E-state index contributed by atoms with van der Waals surface area (Å²) in [7, 11) is 0. The third-order valence-corrected chi connectivity index (χ3v) is 6.26. The Balaban J connectivity index is 1.29. The fourth-order valence-electron chi connectivity index (χ4n) is 4.10. The second-order valence-corrected chi connectivity index (χ2v) is 8.36. The van der Waals surface area contributed by atoms with Crippen molar-refractivity contribution in [2.24, 2.45) is 5.41 Å². The molecule has 0 bridgehead atoms. The highest BCUT2D eigenvalue weighted by Gasteiger charge is 2.49. The number of carboxylic acids is 1. The van der Waals surface area contributed by atoms with Crippen molar-refractivity contribution in [1.82, 2.24) is 10.6 Å². The number of nitrogens with one attached hydrogen (secondary N) is 2. The first-order valence-electron chi connectivity index (χ1n) is 10.7. The van der Waals surface area contributed by atoms with Crippen LogP contribution in [0.1, 0.15) is 36.8 Å². The molecule has 4 rings (SSSR count). The van der Waals surface area contributed by atoms with Crippen LogP contribution in [0.25, 0.3) is 11.1 Å². The summed E-state index contributed by atoms with van der Waals surface area (Å²) in [5.74, 6) is -1.22. The third kappa shape index (κ3) is 4.37. The minimum absolute atomic E-state index is 0.0180. The van der Waals surface area contributed by atoms with Crippen molar-refractivity contribution < 1.29 is 24.2 Å². The maximum Gasteiger partial charge on any atom is 0.407 e. The van der Waals surface area contributed by atoms with Gasteiger partial charge in [-0.3, -0.25) is 4.79 Å². The average Bonchev–Trinajstić information content (AvgIpc) is 3.53. The number of fused-ring (bicyclic) bond motifs is 3. The maximum atomic E-state index is 12.5. The first-order valence-corrected chi connectivity index (χ1v) is 10.7. The summed E-state index contributed by atoms with van der Waals surface area (Å²) in [6.45, 7) is 2.03. The van der Waals surface area contributed by atoms with Crippen LogP contribution in [-0.2, 0) is 14.3 Å². The summed E-state index contributed by atoms with van der Waals surface area (Å²) >= 11 is 0. The highest BCUT2D eigenvalue weighted by atomic mass is 16.5. The van der Waals surface area contributed by atoms with Gasteiger partial charge in [-0.05, 0) is 42.0 Å². The van der Waals surface area contributed by atoms with Gasteiger partial charge in [0.1, 0.15) is 6.61 Å². The minimum atomic E-state index is -1.02. The van der Waals surface area contributed by atoms with E-state index in [0.717, 1.165) is 22.3 Å². The van der Waals surface area contributed by atoms with Gasteiger partial charge in [-0.2, -0.15) is 0 Å². The standard InChI is InChI=1S/C25H26N2O5/c1-16(22(28)29)10-13-26-23(30)25(11-12-25)15-27-24(31)32-14-21-19-8-4-2-6-17(19)18-7-3-5-9-20(18)21/h2-10,21H,11-15H2,1H3,(H,26,30)(H,27,31)(H,28,29)/b16-10+. The molecule has 1 saturated carbocycles. The van der Waals surface area contributed by atoms with Crippen molar-refractivity contribution in [3.05, 3.63) is 71.3 Å². The maximum absolute atomic E-state index is 12.5. The van der Waals surface area contributed by atoms with E-state index in [2.05, 4.69) is 34.9 Å². The Labute approximate surface area is 186 Å². The zero-order valence-electron chi connectivity index (χ0n) is 17.9. The Hall–Kier alpha value is -3.61. The van der Waals surface area contributed by atoms with Crippen LogP contribution in [0.5, 0.6) is 0 Å². The predicted octanol–water partition coefficient (Wildman–Crippen LogP) is 3.45. The number of carbonyl (C=O) groups excluding carboxylic acids is 2. The number of carboxylic acid groups (broad SMARTS) is 1. The highest BCUT2D eigenvalue weighted by Crippen LogP contribution is 2.46. The number of carbonyl (C=O) groups is 3. The van der Waals surface area contributed by atoms with Crippen LogP contribution in [0.4, 0.5) is 4.79 Å². The van der Waals surface area contributed by atoms with E-state index in [1.165, 1.54) is 13.0 Å². The second kappa shape index (κ2) is 8.86. The number of alkyl carbamates (subject to hydrolysis) is 1. The van der Waals surface area contributed by atoms with Crippen LogP contribution in [-0.4, -0.2) is 42.8 Å². The van der Waals surface area contributed by atoms with Crippen molar-refractivity contribution in [2.75, 3.05) is 19.7 Å². The predicted molar refractivity (Wildman–Crippen MR) is 119 cm³/mol. The van der Waals surface area contributed by atoms with Gasteiger partial charge >= 0.3 is 12.1 Å². The molecule has 2 aromatic rings. The van der Waals surface area contributed by atoms with Gasteiger partial charge in [0.2, 0.25) is 5.91 Å². The first kappa shape index (κ1) is 21.6. The fourth-order valence-corrected chi connectivity index (χ4v) is 4.10. The second-order valence-electron chi connectivity index (χ2n) is 8.36. The topological polar surface area (TPSA) is 105 Å². The van der Waals surface area contributed by atoms with Gasteiger partial charge in [0.25, 0.3) is 0 Å². The molecule has 0 radical (unpaired) electrons. The van der Waals surface area contributed by atoms with Crippen LogP contribution in [0.3, 0.4) is 0 Å². The monoisotopic (exact) mass is 434 g/mol. The van der Waals surface area contributed by atoms with E-state index in [0.29, 0.717) is 12.8 Å². The van der Waals surface area contributed by atoms with Gasteiger partial charge < -0.3 is 20.5 Å². The molecule has 0 heterocycles. The molecule has 0 aliphatic heterocycles. The molecule has 2 aliphatic rings. The summed E-state index contributed by atoms with van der Waals surface area (Å²) in [4.78, 5) is 35.6. The van der Waals surface area contributed by atoms with Gasteiger partial charge in [0.05, 0.1) is 5.41 Å². The third-order valence-electron chi connectivity index (χ3n) is 6.26. The molecule has 0 saturated heterocycles. The molecule has 2 amide bonds. The molecule has 0 unspecified atom stereocenters. The molecule has 2 aromatic carbocycles. The van der Waals surface area contributed by atoms with Crippen molar-refractivity contribution >= 4 is 18.0 Å². The number of aliphatic carboxylic acids is 1. The summed E-state index contributed by atoms with van der Waals surface area (Å²) in [5.41, 5.74) is 4.15. The molecule has 32 heavy (non-hydrogen) atoms. The van der Waals surface area contributed by atoms with Crippen LogP contribution in [0.2, 0.25) is 0 Å². The zero-order valence-corrected chi connectivity index (χ0v) is 17.9. The molecule has 0 spiro atoms. The summed E-state index contributed by atoms with van der Waals surface area (Å²) < 4.78 is 5.53. The lowest BCUT2D eigenvalue weighted by atomic mass is 9.98. The lowest BCUT2D eigenvalue weighted by molar-refractivity contribution is -0.132. The van der Waals surface area contributed by atoms with Gasteiger partial charge in [-0.15, -0.1) is 0 Å². The quantitative estimate of drug-likeness (QED) is 0.552. The van der Waals surface area contributed by atoms with Crippen molar-refractivity contribution in [3.8, 4) is 11.1 Å². The molecule has 7 heteroatoms. The number of hydrogen-bond acceptors (Lipinski definition) is 4. The number of ether oxygens (including phenoxy) is 1. The highest BCUT2D eigenvalue weighted by molar-refractivity contribution is 5.87. The molecular formula is C25H26N2O5.